The summed E-state index contributed by atoms with van der Waals surface area (Å²) < 4.78 is 15.7. The van der Waals surface area contributed by atoms with E-state index in [1.54, 1.807) is 12.3 Å². The number of likely N-dealkylation sites (N-methyl/N-ethyl adjacent to an activating group) is 1. The first-order chi connectivity index (χ1) is 9.11. The van der Waals surface area contributed by atoms with E-state index in [1.165, 1.54) is 6.07 Å². The number of nitrogens with one attached hydrogen (secondary N) is 1. The summed E-state index contributed by atoms with van der Waals surface area (Å²) in [6.07, 6.45) is 2.29. The lowest BCUT2D eigenvalue weighted by Gasteiger charge is -2.17. The van der Waals surface area contributed by atoms with Crippen molar-refractivity contribution in [2.24, 2.45) is 7.05 Å². The maximum atomic E-state index is 13.8. The molecule has 0 spiro atoms. The van der Waals surface area contributed by atoms with Gasteiger partial charge in [0.05, 0.1) is 17.4 Å². The van der Waals surface area contributed by atoms with Crippen molar-refractivity contribution in [2.45, 2.75) is 26.3 Å². The smallest absolute Gasteiger partial charge is 0.146 e. The fourth-order valence-corrected chi connectivity index (χ4v) is 2.23. The van der Waals surface area contributed by atoms with Crippen molar-refractivity contribution in [1.82, 2.24) is 20.1 Å². The van der Waals surface area contributed by atoms with Crippen molar-refractivity contribution in [3.8, 4) is 0 Å². The second-order valence-corrected chi connectivity index (χ2v) is 4.59. The number of aromatic nitrogens is 3. The highest BCUT2D eigenvalue weighted by atomic mass is 19.1. The van der Waals surface area contributed by atoms with Gasteiger partial charge in [0.2, 0.25) is 0 Å². The van der Waals surface area contributed by atoms with Gasteiger partial charge in [-0.25, -0.2) is 4.39 Å². The van der Waals surface area contributed by atoms with E-state index >= 15 is 0 Å². The predicted octanol–water partition coefficient (Wildman–Crippen LogP) is 2.16. The maximum absolute atomic E-state index is 13.8. The Labute approximate surface area is 112 Å². The molecule has 2 aromatic heterocycles. The fraction of sp³-hybridized carbons (Fsp3) is 0.429. The minimum Gasteiger partial charge on any atom is -0.308 e. The molecule has 0 bridgehead atoms. The monoisotopic (exact) mass is 262 g/mol. The van der Waals surface area contributed by atoms with Gasteiger partial charge in [0.25, 0.3) is 0 Å². The van der Waals surface area contributed by atoms with Crippen LogP contribution in [0, 0.1) is 12.7 Å². The molecule has 0 radical (unpaired) electrons. The van der Waals surface area contributed by atoms with E-state index in [0.29, 0.717) is 12.1 Å². The number of rotatable bonds is 5. The van der Waals surface area contributed by atoms with Crippen LogP contribution >= 0.6 is 0 Å². The summed E-state index contributed by atoms with van der Waals surface area (Å²) in [7, 11) is 1.90. The molecule has 1 atom stereocenters. The van der Waals surface area contributed by atoms with Crippen molar-refractivity contribution in [1.29, 1.82) is 0 Å². The number of nitrogens with zero attached hydrogens (tertiary/aromatic N) is 3. The largest absolute Gasteiger partial charge is 0.308 e. The van der Waals surface area contributed by atoms with Gasteiger partial charge in [-0.15, -0.1) is 0 Å². The van der Waals surface area contributed by atoms with Gasteiger partial charge >= 0.3 is 0 Å². The summed E-state index contributed by atoms with van der Waals surface area (Å²) in [5.74, 6) is -0.271. The molecule has 0 saturated heterocycles. The zero-order chi connectivity index (χ0) is 13.8. The van der Waals surface area contributed by atoms with Crippen LogP contribution in [0.2, 0.25) is 0 Å². The third-order valence-corrected chi connectivity index (χ3v) is 3.08. The summed E-state index contributed by atoms with van der Waals surface area (Å²) in [6, 6.07) is 4.93. The zero-order valence-electron chi connectivity index (χ0n) is 11.5. The molecule has 0 saturated carbocycles. The molecule has 0 aliphatic carbocycles. The summed E-state index contributed by atoms with van der Waals surface area (Å²) in [5, 5.41) is 7.60. The average Bonchev–Trinajstić information content (AvgIpc) is 2.68. The van der Waals surface area contributed by atoms with E-state index in [1.807, 2.05) is 31.6 Å². The van der Waals surface area contributed by atoms with Gasteiger partial charge < -0.3 is 5.32 Å². The van der Waals surface area contributed by atoms with E-state index in [-0.39, 0.29) is 11.9 Å². The standard InChI is InChI=1S/C14H19FN4/c1-4-16-13(14-12(15)6-5-7-17-14)9-11-8-10(2)18-19(11)3/h5-8,13,16H,4,9H2,1-3H3. The van der Waals surface area contributed by atoms with E-state index in [4.69, 9.17) is 0 Å². The van der Waals surface area contributed by atoms with E-state index in [2.05, 4.69) is 15.4 Å². The Hall–Kier alpha value is -1.75. The molecule has 1 N–H and O–H groups in total. The Morgan fingerprint density at radius 1 is 1.47 bits per heavy atom. The maximum Gasteiger partial charge on any atom is 0.146 e. The average molecular weight is 262 g/mol. The van der Waals surface area contributed by atoms with Crippen LogP contribution in [0.4, 0.5) is 4.39 Å². The molecule has 2 rings (SSSR count). The van der Waals surface area contributed by atoms with Crippen LogP contribution in [-0.2, 0) is 13.5 Å². The molecule has 5 heteroatoms. The van der Waals surface area contributed by atoms with E-state index in [0.717, 1.165) is 17.9 Å². The number of aryl methyl sites for hydroxylation is 2. The highest BCUT2D eigenvalue weighted by molar-refractivity contribution is 5.17. The summed E-state index contributed by atoms with van der Waals surface area (Å²) in [4.78, 5) is 4.16. The van der Waals surface area contributed by atoms with Gasteiger partial charge in [0.1, 0.15) is 5.82 Å². The van der Waals surface area contributed by atoms with Crippen molar-refractivity contribution < 1.29 is 4.39 Å². The number of halogens is 1. The van der Waals surface area contributed by atoms with E-state index < -0.39 is 0 Å². The van der Waals surface area contributed by atoms with Crippen LogP contribution < -0.4 is 5.32 Å². The lowest BCUT2D eigenvalue weighted by molar-refractivity contribution is 0.483. The van der Waals surface area contributed by atoms with Gasteiger partial charge in [-0.05, 0) is 31.7 Å². The third kappa shape index (κ3) is 3.17. The highest BCUT2D eigenvalue weighted by Gasteiger charge is 2.18. The summed E-state index contributed by atoms with van der Waals surface area (Å²) in [5.41, 5.74) is 2.49. The molecule has 0 aliphatic heterocycles. The zero-order valence-corrected chi connectivity index (χ0v) is 11.5. The second-order valence-electron chi connectivity index (χ2n) is 4.59. The van der Waals surface area contributed by atoms with E-state index in [9.17, 15) is 4.39 Å². The summed E-state index contributed by atoms with van der Waals surface area (Å²) in [6.45, 7) is 4.72. The Bertz CT molecular complexity index is 550. The minimum absolute atomic E-state index is 0.138. The van der Waals surface area contributed by atoms with Crippen LogP contribution in [0.5, 0.6) is 0 Å². The molecule has 19 heavy (non-hydrogen) atoms. The molecule has 0 fully saturated rings. The predicted molar refractivity (Wildman–Crippen MR) is 72.3 cm³/mol. The molecular formula is C14H19FN4. The third-order valence-electron chi connectivity index (χ3n) is 3.08. The molecule has 0 aromatic carbocycles. The van der Waals surface area contributed by atoms with Gasteiger partial charge in [0.15, 0.2) is 0 Å². The molecule has 0 aliphatic rings. The normalized spacial score (nSPS) is 12.6. The Kier molecular flexibility index (Phi) is 4.27. The number of hydrogen-bond donors (Lipinski definition) is 1. The number of pyridine rings is 1. The highest BCUT2D eigenvalue weighted by Crippen LogP contribution is 2.19. The van der Waals surface area contributed by atoms with Crippen molar-refractivity contribution in [2.75, 3.05) is 6.54 Å². The first-order valence-electron chi connectivity index (χ1n) is 6.45. The van der Waals surface area contributed by atoms with Crippen molar-refractivity contribution in [3.63, 3.8) is 0 Å². The Balaban J connectivity index is 2.26. The van der Waals surface area contributed by atoms with Gasteiger partial charge in [-0.1, -0.05) is 6.92 Å². The molecule has 2 aromatic rings. The lowest BCUT2D eigenvalue weighted by Crippen LogP contribution is -2.25. The first-order valence-corrected chi connectivity index (χ1v) is 6.45. The van der Waals surface area contributed by atoms with Crippen LogP contribution in [0.1, 0.15) is 30.0 Å². The van der Waals surface area contributed by atoms with Gasteiger partial charge in [-0.3, -0.25) is 9.67 Å². The topological polar surface area (TPSA) is 42.7 Å². The second kappa shape index (κ2) is 5.93. The SMILES string of the molecule is CCNC(Cc1cc(C)nn1C)c1ncccc1F. The lowest BCUT2D eigenvalue weighted by atomic mass is 10.1. The van der Waals surface area contributed by atoms with Crippen molar-refractivity contribution in [3.05, 3.63) is 47.3 Å². The quantitative estimate of drug-likeness (QED) is 0.898. The van der Waals surface area contributed by atoms with Gasteiger partial charge in [0, 0.05) is 25.4 Å². The fourth-order valence-electron chi connectivity index (χ4n) is 2.23. The van der Waals surface area contributed by atoms with Crippen LogP contribution in [0.15, 0.2) is 24.4 Å². The Morgan fingerprint density at radius 2 is 2.26 bits per heavy atom. The van der Waals surface area contributed by atoms with Crippen LogP contribution in [-0.4, -0.2) is 21.3 Å². The number of hydrogen-bond acceptors (Lipinski definition) is 3. The van der Waals surface area contributed by atoms with Crippen molar-refractivity contribution >= 4 is 0 Å². The first kappa shape index (κ1) is 13.7. The van der Waals surface area contributed by atoms with Crippen LogP contribution in [0.25, 0.3) is 0 Å². The van der Waals surface area contributed by atoms with Crippen LogP contribution in [0.3, 0.4) is 0 Å². The van der Waals surface area contributed by atoms with Gasteiger partial charge in [-0.2, -0.15) is 5.10 Å². The Morgan fingerprint density at radius 3 is 2.84 bits per heavy atom. The molecule has 102 valence electrons. The molecule has 1 unspecified atom stereocenters. The molecule has 2 heterocycles. The molecular weight excluding hydrogens is 243 g/mol. The molecule has 4 nitrogen and oxygen atoms in total. The molecule has 0 amide bonds. The summed E-state index contributed by atoms with van der Waals surface area (Å²) >= 11 is 0. The minimum atomic E-state index is -0.271.